The third kappa shape index (κ3) is 4.12. The number of pyridine rings is 1. The number of aryl methyl sites for hydroxylation is 2. The largest absolute Gasteiger partial charge is 0.495 e. The van der Waals surface area contributed by atoms with E-state index in [1.54, 1.807) is 7.11 Å². The fraction of sp³-hybridized carbons (Fsp3) is 0.222. The van der Waals surface area contributed by atoms with Crippen LogP contribution >= 0.6 is 0 Å². The van der Waals surface area contributed by atoms with Crippen molar-refractivity contribution in [1.29, 1.82) is 0 Å². The van der Waals surface area contributed by atoms with Crippen LogP contribution in [0, 0.1) is 6.92 Å². The second-order valence-corrected chi connectivity index (χ2v) is 8.41. The van der Waals surface area contributed by atoms with Gasteiger partial charge in [-0.3, -0.25) is 4.68 Å². The van der Waals surface area contributed by atoms with Gasteiger partial charge in [0.25, 0.3) is 0 Å². The molecule has 0 aliphatic rings. The van der Waals surface area contributed by atoms with Gasteiger partial charge in [0.15, 0.2) is 0 Å². The number of nitrogens with one attached hydrogen (secondary N) is 1. The Morgan fingerprint density at radius 1 is 0.912 bits per heavy atom. The molecule has 34 heavy (non-hydrogen) atoms. The standard InChI is InChI=1S/C27H28N6O/c1-5-10-33-17-23(15-30-33)19-6-7-21-14-29-27(13-22(21)11-19)31-24-9-8-20(12-26(24)34-4)25-16-28-18(2)32(25)3/h6-9,11-17H,5,10H2,1-4H3,(H,29,31). The Hall–Kier alpha value is -4.13. The van der Waals surface area contributed by atoms with E-state index >= 15 is 0 Å². The van der Waals surface area contributed by atoms with E-state index in [4.69, 9.17) is 4.74 Å². The Morgan fingerprint density at radius 3 is 2.53 bits per heavy atom. The highest BCUT2D eigenvalue weighted by Crippen LogP contribution is 2.33. The highest BCUT2D eigenvalue weighted by molar-refractivity contribution is 5.89. The molecule has 1 N–H and O–H groups in total. The quantitative estimate of drug-likeness (QED) is 0.329. The summed E-state index contributed by atoms with van der Waals surface area (Å²) in [6, 6.07) is 14.6. The Kier molecular flexibility index (Phi) is 5.76. The average Bonchev–Trinajstić information content (AvgIpc) is 3.46. The molecule has 0 aliphatic heterocycles. The number of fused-ring (bicyclic) bond motifs is 1. The topological polar surface area (TPSA) is 69.8 Å². The summed E-state index contributed by atoms with van der Waals surface area (Å²) in [5.41, 5.74) is 5.20. The molecule has 0 unspecified atom stereocenters. The zero-order chi connectivity index (χ0) is 23.7. The van der Waals surface area contributed by atoms with Crippen molar-refractivity contribution in [3.05, 3.63) is 73.1 Å². The molecular weight excluding hydrogens is 424 g/mol. The molecule has 0 amide bonds. The maximum atomic E-state index is 5.68. The number of benzene rings is 2. The number of hydrogen-bond donors (Lipinski definition) is 1. The molecule has 0 fully saturated rings. The van der Waals surface area contributed by atoms with Crippen molar-refractivity contribution in [3.8, 4) is 28.1 Å². The van der Waals surface area contributed by atoms with E-state index in [2.05, 4.69) is 68.4 Å². The molecule has 3 heterocycles. The van der Waals surface area contributed by atoms with Crippen LogP contribution in [-0.4, -0.2) is 31.4 Å². The minimum Gasteiger partial charge on any atom is -0.495 e. The molecule has 5 aromatic rings. The van der Waals surface area contributed by atoms with Crippen molar-refractivity contribution in [3.63, 3.8) is 0 Å². The maximum absolute atomic E-state index is 5.68. The molecule has 5 rings (SSSR count). The third-order valence-corrected chi connectivity index (χ3v) is 6.12. The summed E-state index contributed by atoms with van der Waals surface area (Å²) in [4.78, 5) is 9.01. The Labute approximate surface area is 199 Å². The summed E-state index contributed by atoms with van der Waals surface area (Å²) in [6.07, 6.45) is 8.85. The van der Waals surface area contributed by atoms with Crippen molar-refractivity contribution < 1.29 is 4.74 Å². The summed E-state index contributed by atoms with van der Waals surface area (Å²) >= 11 is 0. The van der Waals surface area contributed by atoms with Crippen LogP contribution in [0.15, 0.2) is 67.3 Å². The van der Waals surface area contributed by atoms with E-state index in [-0.39, 0.29) is 0 Å². The molecule has 3 aromatic heterocycles. The minimum absolute atomic E-state index is 0.746. The minimum atomic E-state index is 0.746. The van der Waals surface area contributed by atoms with Gasteiger partial charge in [0.2, 0.25) is 0 Å². The Balaban J connectivity index is 1.44. The zero-order valence-corrected chi connectivity index (χ0v) is 19.9. The lowest BCUT2D eigenvalue weighted by atomic mass is 10.0. The molecule has 0 bridgehead atoms. The first-order valence-electron chi connectivity index (χ1n) is 11.4. The third-order valence-electron chi connectivity index (χ3n) is 6.12. The van der Waals surface area contributed by atoms with Crippen LogP contribution in [0.5, 0.6) is 5.75 Å². The van der Waals surface area contributed by atoms with E-state index < -0.39 is 0 Å². The van der Waals surface area contributed by atoms with Crippen molar-refractivity contribution in [1.82, 2.24) is 24.3 Å². The first kappa shape index (κ1) is 21.7. The fourth-order valence-electron chi connectivity index (χ4n) is 4.11. The van der Waals surface area contributed by atoms with Crippen LogP contribution in [-0.2, 0) is 13.6 Å². The second-order valence-electron chi connectivity index (χ2n) is 8.41. The van der Waals surface area contributed by atoms with Crippen LogP contribution in [0.1, 0.15) is 19.2 Å². The summed E-state index contributed by atoms with van der Waals surface area (Å²) in [7, 11) is 3.69. The number of aromatic nitrogens is 5. The molecule has 0 radical (unpaired) electrons. The maximum Gasteiger partial charge on any atom is 0.143 e. The van der Waals surface area contributed by atoms with Crippen LogP contribution in [0.3, 0.4) is 0 Å². The van der Waals surface area contributed by atoms with E-state index in [0.29, 0.717) is 0 Å². The highest BCUT2D eigenvalue weighted by Gasteiger charge is 2.11. The average molecular weight is 453 g/mol. The van der Waals surface area contributed by atoms with Gasteiger partial charge in [0.05, 0.1) is 30.9 Å². The summed E-state index contributed by atoms with van der Waals surface area (Å²) in [5.74, 6) is 2.47. The lowest BCUT2D eigenvalue weighted by Crippen LogP contribution is -1.98. The van der Waals surface area contributed by atoms with Crippen molar-refractivity contribution in [2.45, 2.75) is 26.8 Å². The predicted molar refractivity (Wildman–Crippen MR) is 136 cm³/mol. The van der Waals surface area contributed by atoms with Gasteiger partial charge in [-0.2, -0.15) is 5.10 Å². The first-order chi connectivity index (χ1) is 16.6. The highest BCUT2D eigenvalue weighted by atomic mass is 16.5. The van der Waals surface area contributed by atoms with Gasteiger partial charge in [-0.25, -0.2) is 9.97 Å². The van der Waals surface area contributed by atoms with E-state index in [0.717, 1.165) is 69.2 Å². The molecule has 0 atom stereocenters. The predicted octanol–water partition coefficient (Wildman–Crippen LogP) is 5.97. The number of rotatable bonds is 7. The molecule has 0 spiro atoms. The number of nitrogens with zero attached hydrogens (tertiary/aromatic N) is 5. The van der Waals surface area contributed by atoms with Gasteiger partial charge >= 0.3 is 0 Å². The van der Waals surface area contributed by atoms with E-state index in [1.807, 2.05) is 49.4 Å². The lowest BCUT2D eigenvalue weighted by molar-refractivity contribution is 0.417. The van der Waals surface area contributed by atoms with Gasteiger partial charge in [-0.05, 0) is 48.6 Å². The first-order valence-corrected chi connectivity index (χ1v) is 11.4. The fourth-order valence-corrected chi connectivity index (χ4v) is 4.11. The monoisotopic (exact) mass is 452 g/mol. The number of methoxy groups -OCH3 is 1. The van der Waals surface area contributed by atoms with Gasteiger partial charge in [-0.15, -0.1) is 0 Å². The molecular formula is C27H28N6O. The number of hydrogen-bond acceptors (Lipinski definition) is 5. The smallest absolute Gasteiger partial charge is 0.143 e. The zero-order valence-electron chi connectivity index (χ0n) is 19.9. The van der Waals surface area contributed by atoms with E-state index in [1.165, 1.54) is 0 Å². The SMILES string of the molecule is CCCn1cc(-c2ccc3cnc(Nc4ccc(-c5cnc(C)n5C)cc4OC)cc3c2)cn1. The van der Waals surface area contributed by atoms with Gasteiger partial charge in [-0.1, -0.05) is 25.1 Å². The van der Waals surface area contributed by atoms with Gasteiger partial charge in [0, 0.05) is 42.5 Å². The number of imidazole rings is 1. The molecule has 7 heteroatoms. The van der Waals surface area contributed by atoms with E-state index in [9.17, 15) is 0 Å². The van der Waals surface area contributed by atoms with Crippen LogP contribution in [0.4, 0.5) is 11.5 Å². The Bertz CT molecular complexity index is 1470. The lowest BCUT2D eigenvalue weighted by Gasteiger charge is -2.13. The van der Waals surface area contributed by atoms with Gasteiger partial charge in [0.1, 0.15) is 17.4 Å². The molecule has 172 valence electrons. The summed E-state index contributed by atoms with van der Waals surface area (Å²) in [6.45, 7) is 5.07. The molecule has 0 saturated carbocycles. The number of ether oxygens (including phenoxy) is 1. The van der Waals surface area contributed by atoms with Crippen molar-refractivity contribution >= 4 is 22.3 Å². The van der Waals surface area contributed by atoms with Crippen LogP contribution < -0.4 is 10.1 Å². The van der Waals surface area contributed by atoms with Crippen molar-refractivity contribution in [2.75, 3.05) is 12.4 Å². The molecule has 7 nitrogen and oxygen atoms in total. The Morgan fingerprint density at radius 2 is 1.76 bits per heavy atom. The summed E-state index contributed by atoms with van der Waals surface area (Å²) < 4.78 is 9.74. The van der Waals surface area contributed by atoms with Crippen molar-refractivity contribution in [2.24, 2.45) is 7.05 Å². The molecule has 0 aliphatic carbocycles. The normalized spacial score (nSPS) is 11.2. The molecule has 0 saturated heterocycles. The number of anilines is 2. The van der Waals surface area contributed by atoms with Gasteiger partial charge < -0.3 is 14.6 Å². The summed E-state index contributed by atoms with van der Waals surface area (Å²) in [5, 5.41) is 10.1. The van der Waals surface area contributed by atoms with Crippen LogP contribution in [0.25, 0.3) is 33.2 Å². The molecule has 2 aromatic carbocycles. The second kappa shape index (κ2) is 9.02. The van der Waals surface area contributed by atoms with Crippen LogP contribution in [0.2, 0.25) is 0 Å².